The molecular formula is C20H25NO4SSe. The quantitative estimate of drug-likeness (QED) is 0.507. The van der Waals surface area contributed by atoms with Gasteiger partial charge in [0.2, 0.25) is 0 Å². The maximum atomic E-state index is 12.1. The Balaban J connectivity index is 2.07. The van der Waals surface area contributed by atoms with Crippen LogP contribution in [-0.2, 0) is 20.7 Å². The van der Waals surface area contributed by atoms with Gasteiger partial charge in [0.15, 0.2) is 0 Å². The Hall–Kier alpha value is -1.82. The zero-order valence-electron chi connectivity index (χ0n) is 16.0. The molecule has 0 radical (unpaired) electrons. The average Bonchev–Trinajstić information content (AvgIpc) is 2.98. The Morgan fingerprint density at radius 3 is 2.52 bits per heavy atom. The van der Waals surface area contributed by atoms with Crippen LogP contribution in [0, 0.1) is 0 Å². The molecule has 5 nitrogen and oxygen atoms in total. The first-order chi connectivity index (χ1) is 12.7. The van der Waals surface area contributed by atoms with Crippen molar-refractivity contribution in [3.63, 3.8) is 0 Å². The number of thiophene rings is 1. The molecule has 2 aromatic rings. The standard InChI is InChI=1S/C20H25NO4SSe/c1-14(22)24-13-16(27-15-8-6-5-7-9-15)12-18-17(10-11-26-18)21-19(23)25-20(2,3)4/h5-11,16H,12-13H2,1-4H3,(H,21,23). The van der Waals surface area contributed by atoms with Crippen LogP contribution >= 0.6 is 11.3 Å². The van der Waals surface area contributed by atoms with Gasteiger partial charge in [-0.3, -0.25) is 0 Å². The molecule has 27 heavy (non-hydrogen) atoms. The third kappa shape index (κ3) is 8.16. The summed E-state index contributed by atoms with van der Waals surface area (Å²) in [5.74, 6) is -0.276. The molecule has 2 rings (SSSR count). The van der Waals surface area contributed by atoms with Crippen molar-refractivity contribution in [1.29, 1.82) is 0 Å². The van der Waals surface area contributed by atoms with Crippen LogP contribution in [0.5, 0.6) is 0 Å². The number of nitrogens with one attached hydrogen (secondary N) is 1. The number of anilines is 1. The van der Waals surface area contributed by atoms with Crippen molar-refractivity contribution in [2.45, 2.75) is 44.5 Å². The predicted octanol–water partition coefficient (Wildman–Crippen LogP) is 4.02. The van der Waals surface area contributed by atoms with Gasteiger partial charge in [-0.15, -0.1) is 0 Å². The SMILES string of the molecule is CC(=O)OCC(Cc1sccc1NC(=O)OC(C)(C)C)[Se]c1ccccc1. The van der Waals surface area contributed by atoms with Crippen LogP contribution in [0.3, 0.4) is 0 Å². The number of carbonyl (C=O) groups excluding carboxylic acids is 2. The van der Waals surface area contributed by atoms with Gasteiger partial charge in [0, 0.05) is 0 Å². The van der Waals surface area contributed by atoms with Crippen molar-refractivity contribution < 1.29 is 19.1 Å². The normalized spacial score (nSPS) is 12.3. The fraction of sp³-hybridized carbons (Fsp3) is 0.400. The Morgan fingerprint density at radius 2 is 1.89 bits per heavy atom. The topological polar surface area (TPSA) is 64.6 Å². The van der Waals surface area contributed by atoms with E-state index in [1.807, 2.05) is 50.4 Å². The summed E-state index contributed by atoms with van der Waals surface area (Å²) < 4.78 is 11.9. The van der Waals surface area contributed by atoms with Gasteiger partial charge in [0.05, 0.1) is 0 Å². The van der Waals surface area contributed by atoms with E-state index in [1.165, 1.54) is 11.4 Å². The zero-order chi connectivity index (χ0) is 19.9. The van der Waals surface area contributed by atoms with E-state index in [0.717, 1.165) is 17.0 Å². The van der Waals surface area contributed by atoms with Crippen LogP contribution in [0.2, 0.25) is 4.82 Å². The first-order valence-electron chi connectivity index (χ1n) is 8.64. The Bertz CT molecular complexity index is 755. The summed E-state index contributed by atoms with van der Waals surface area (Å²) in [7, 11) is 0. The molecule has 0 aliphatic heterocycles. The Labute approximate surface area is 170 Å². The fourth-order valence-corrected chi connectivity index (χ4v) is 5.69. The number of carbonyl (C=O) groups is 2. The zero-order valence-corrected chi connectivity index (χ0v) is 18.5. The van der Waals surface area contributed by atoms with Gasteiger partial charge in [-0.2, -0.15) is 0 Å². The van der Waals surface area contributed by atoms with Gasteiger partial charge in [0.1, 0.15) is 0 Å². The van der Waals surface area contributed by atoms with Crippen LogP contribution in [-0.4, -0.2) is 39.2 Å². The maximum absolute atomic E-state index is 12.1. The average molecular weight is 454 g/mol. The summed E-state index contributed by atoms with van der Waals surface area (Å²) in [4.78, 5) is 24.6. The number of amides is 1. The first-order valence-corrected chi connectivity index (χ1v) is 11.4. The van der Waals surface area contributed by atoms with E-state index < -0.39 is 11.7 Å². The third-order valence-electron chi connectivity index (χ3n) is 3.31. The molecule has 1 unspecified atom stereocenters. The second-order valence-corrected chi connectivity index (χ2v) is 10.8. The van der Waals surface area contributed by atoms with Gasteiger partial charge in [-0.1, -0.05) is 0 Å². The molecule has 1 atom stereocenters. The molecule has 1 amide bonds. The van der Waals surface area contributed by atoms with E-state index in [9.17, 15) is 9.59 Å². The van der Waals surface area contributed by atoms with Crippen LogP contribution in [0.4, 0.5) is 10.5 Å². The van der Waals surface area contributed by atoms with E-state index in [1.54, 1.807) is 11.3 Å². The number of ether oxygens (including phenoxy) is 2. The van der Waals surface area contributed by atoms with Crippen molar-refractivity contribution in [3.8, 4) is 0 Å². The minimum atomic E-state index is -0.547. The monoisotopic (exact) mass is 455 g/mol. The van der Waals surface area contributed by atoms with E-state index in [2.05, 4.69) is 17.4 Å². The van der Waals surface area contributed by atoms with Gasteiger partial charge < -0.3 is 0 Å². The Morgan fingerprint density at radius 1 is 1.19 bits per heavy atom. The summed E-state index contributed by atoms with van der Waals surface area (Å²) >= 11 is 1.72. The van der Waals surface area contributed by atoms with Gasteiger partial charge in [-0.05, 0) is 0 Å². The first kappa shape index (κ1) is 21.5. The van der Waals surface area contributed by atoms with E-state index in [4.69, 9.17) is 9.47 Å². The fourth-order valence-electron chi connectivity index (χ4n) is 2.27. The molecule has 1 heterocycles. The van der Waals surface area contributed by atoms with Crippen LogP contribution in [0.1, 0.15) is 32.6 Å². The van der Waals surface area contributed by atoms with Crippen LogP contribution < -0.4 is 9.78 Å². The third-order valence-corrected chi connectivity index (χ3v) is 6.73. The molecule has 0 bridgehead atoms. The summed E-state index contributed by atoms with van der Waals surface area (Å²) in [6, 6.07) is 12.1. The van der Waals surface area contributed by atoms with Crippen molar-refractivity contribution in [3.05, 3.63) is 46.7 Å². The van der Waals surface area contributed by atoms with E-state index in [0.29, 0.717) is 6.61 Å². The van der Waals surface area contributed by atoms with Crippen molar-refractivity contribution in [1.82, 2.24) is 0 Å². The molecule has 0 aliphatic carbocycles. The summed E-state index contributed by atoms with van der Waals surface area (Å²) in [5, 5.41) is 4.77. The minimum absolute atomic E-state index is 0.143. The molecule has 1 aromatic carbocycles. The molecule has 0 saturated heterocycles. The molecular weight excluding hydrogens is 429 g/mol. The van der Waals surface area contributed by atoms with Crippen LogP contribution in [0.25, 0.3) is 0 Å². The van der Waals surface area contributed by atoms with E-state index in [-0.39, 0.29) is 25.7 Å². The van der Waals surface area contributed by atoms with E-state index >= 15 is 0 Å². The second kappa shape index (κ2) is 9.92. The van der Waals surface area contributed by atoms with Gasteiger partial charge >= 0.3 is 171 Å². The summed E-state index contributed by atoms with van der Waals surface area (Å²) in [6.45, 7) is 7.29. The molecule has 1 N–H and O–H groups in total. The number of rotatable bonds is 7. The molecule has 146 valence electrons. The molecule has 1 aromatic heterocycles. The molecule has 0 spiro atoms. The molecule has 0 fully saturated rings. The van der Waals surface area contributed by atoms with Crippen molar-refractivity contribution in [2.75, 3.05) is 11.9 Å². The Kier molecular flexibility index (Phi) is 7.90. The molecule has 0 saturated carbocycles. The summed E-state index contributed by atoms with van der Waals surface area (Å²) in [5.41, 5.74) is 0.208. The van der Waals surface area contributed by atoms with Crippen molar-refractivity contribution >= 4 is 48.5 Å². The number of hydrogen-bond acceptors (Lipinski definition) is 5. The number of hydrogen-bond donors (Lipinski definition) is 1. The van der Waals surface area contributed by atoms with Crippen molar-refractivity contribution in [2.24, 2.45) is 0 Å². The second-order valence-electron chi connectivity index (χ2n) is 6.94. The number of benzene rings is 1. The summed E-state index contributed by atoms with van der Waals surface area (Å²) in [6.07, 6.45) is 0.262. The number of esters is 1. The van der Waals surface area contributed by atoms with Gasteiger partial charge in [0.25, 0.3) is 0 Å². The molecule has 7 heteroatoms. The van der Waals surface area contributed by atoms with Crippen LogP contribution in [0.15, 0.2) is 41.8 Å². The predicted molar refractivity (Wildman–Crippen MR) is 110 cm³/mol. The molecule has 0 aliphatic rings. The van der Waals surface area contributed by atoms with Gasteiger partial charge in [-0.25, -0.2) is 0 Å².